The van der Waals surface area contributed by atoms with Gasteiger partial charge in [0.15, 0.2) is 0 Å². The van der Waals surface area contributed by atoms with Gasteiger partial charge in [-0.3, -0.25) is 9.88 Å². The van der Waals surface area contributed by atoms with Crippen molar-refractivity contribution in [2.75, 3.05) is 13.7 Å². The highest BCUT2D eigenvalue weighted by atomic mass is 16.5. The summed E-state index contributed by atoms with van der Waals surface area (Å²) in [6, 6.07) is 12.9. The summed E-state index contributed by atoms with van der Waals surface area (Å²) in [6.07, 6.45) is 4.78. The van der Waals surface area contributed by atoms with Gasteiger partial charge in [-0.05, 0) is 24.7 Å². The second-order valence-corrected chi connectivity index (χ2v) is 4.97. The predicted octanol–water partition coefficient (Wildman–Crippen LogP) is 3.04. The minimum atomic E-state index is 0.421. The Balaban J connectivity index is 1.80. The minimum absolute atomic E-state index is 0.421. The molecular weight excluding hydrogens is 236 g/mol. The number of pyridine rings is 1. The fourth-order valence-electron chi connectivity index (χ4n) is 2.67. The SMILES string of the molecule is CN(Cc1cccnc1)C1CCOc2ccccc21. The summed E-state index contributed by atoms with van der Waals surface area (Å²) in [5, 5.41) is 0. The van der Waals surface area contributed by atoms with Gasteiger partial charge in [-0.1, -0.05) is 24.3 Å². The fourth-order valence-corrected chi connectivity index (χ4v) is 2.67. The van der Waals surface area contributed by atoms with Gasteiger partial charge in [-0.15, -0.1) is 0 Å². The lowest BCUT2D eigenvalue weighted by Crippen LogP contribution is -2.29. The molecular formula is C16H18N2O. The van der Waals surface area contributed by atoms with Crippen LogP contribution < -0.4 is 4.74 Å². The van der Waals surface area contributed by atoms with E-state index in [2.05, 4.69) is 41.2 Å². The van der Waals surface area contributed by atoms with Crippen molar-refractivity contribution in [2.45, 2.75) is 19.0 Å². The molecule has 3 heteroatoms. The normalized spacial score (nSPS) is 17.9. The third kappa shape index (κ3) is 2.61. The van der Waals surface area contributed by atoms with Gasteiger partial charge >= 0.3 is 0 Å². The van der Waals surface area contributed by atoms with Crippen molar-refractivity contribution in [3.8, 4) is 5.75 Å². The van der Waals surface area contributed by atoms with Crippen molar-refractivity contribution in [2.24, 2.45) is 0 Å². The average Bonchev–Trinajstić information content (AvgIpc) is 2.47. The summed E-state index contributed by atoms with van der Waals surface area (Å²) in [5.74, 6) is 1.02. The van der Waals surface area contributed by atoms with Crippen LogP contribution >= 0.6 is 0 Å². The molecule has 1 unspecified atom stereocenters. The number of rotatable bonds is 3. The van der Waals surface area contributed by atoms with Crippen LogP contribution in [0.4, 0.5) is 0 Å². The molecule has 2 heterocycles. The lowest BCUT2D eigenvalue weighted by molar-refractivity contribution is 0.160. The van der Waals surface area contributed by atoms with E-state index >= 15 is 0 Å². The van der Waals surface area contributed by atoms with Gasteiger partial charge in [0.25, 0.3) is 0 Å². The molecule has 19 heavy (non-hydrogen) atoms. The van der Waals surface area contributed by atoms with Gasteiger partial charge in [0.1, 0.15) is 5.75 Å². The first-order chi connectivity index (χ1) is 9.34. The molecule has 0 bridgehead atoms. The average molecular weight is 254 g/mol. The summed E-state index contributed by atoms with van der Waals surface area (Å²) in [5.41, 5.74) is 2.54. The number of para-hydroxylation sites is 1. The highest BCUT2D eigenvalue weighted by molar-refractivity contribution is 5.37. The van der Waals surface area contributed by atoms with Crippen molar-refractivity contribution in [1.82, 2.24) is 9.88 Å². The van der Waals surface area contributed by atoms with Crippen molar-refractivity contribution < 1.29 is 4.74 Å². The van der Waals surface area contributed by atoms with Crippen molar-refractivity contribution in [1.29, 1.82) is 0 Å². The highest BCUT2D eigenvalue weighted by Gasteiger charge is 2.24. The molecule has 1 aromatic heterocycles. The van der Waals surface area contributed by atoms with E-state index in [1.807, 2.05) is 24.5 Å². The van der Waals surface area contributed by atoms with E-state index in [1.54, 1.807) is 0 Å². The van der Waals surface area contributed by atoms with Crippen molar-refractivity contribution in [3.05, 3.63) is 59.9 Å². The van der Waals surface area contributed by atoms with Crippen LogP contribution in [0.3, 0.4) is 0 Å². The van der Waals surface area contributed by atoms with Gasteiger partial charge in [-0.2, -0.15) is 0 Å². The number of ether oxygens (including phenoxy) is 1. The maximum atomic E-state index is 5.72. The molecule has 0 saturated heterocycles. The van der Waals surface area contributed by atoms with Gasteiger partial charge in [0, 0.05) is 37.0 Å². The van der Waals surface area contributed by atoms with Crippen LogP contribution in [-0.2, 0) is 6.54 Å². The zero-order valence-electron chi connectivity index (χ0n) is 11.1. The van der Waals surface area contributed by atoms with E-state index in [0.717, 1.165) is 25.3 Å². The van der Waals surface area contributed by atoms with E-state index in [0.29, 0.717) is 6.04 Å². The molecule has 1 aliphatic rings. The number of hydrogen-bond acceptors (Lipinski definition) is 3. The van der Waals surface area contributed by atoms with Crippen molar-refractivity contribution in [3.63, 3.8) is 0 Å². The molecule has 2 aromatic rings. The maximum absolute atomic E-state index is 5.72. The molecule has 1 aliphatic heterocycles. The summed E-state index contributed by atoms with van der Waals surface area (Å²) in [7, 11) is 2.17. The first kappa shape index (κ1) is 12.2. The molecule has 0 fully saturated rings. The molecule has 0 N–H and O–H groups in total. The number of nitrogens with zero attached hydrogens (tertiary/aromatic N) is 2. The number of benzene rings is 1. The van der Waals surface area contributed by atoms with E-state index in [1.165, 1.54) is 11.1 Å². The third-order valence-corrected chi connectivity index (χ3v) is 3.61. The Morgan fingerprint density at radius 1 is 1.26 bits per heavy atom. The summed E-state index contributed by atoms with van der Waals surface area (Å²) in [6.45, 7) is 1.70. The van der Waals surface area contributed by atoms with E-state index in [9.17, 15) is 0 Å². The molecule has 0 spiro atoms. The van der Waals surface area contributed by atoms with E-state index < -0.39 is 0 Å². The van der Waals surface area contributed by atoms with Crippen LogP contribution in [-0.4, -0.2) is 23.5 Å². The Morgan fingerprint density at radius 2 is 2.16 bits per heavy atom. The fraction of sp³-hybridized carbons (Fsp3) is 0.312. The molecule has 3 nitrogen and oxygen atoms in total. The van der Waals surface area contributed by atoms with Crippen molar-refractivity contribution >= 4 is 0 Å². The first-order valence-electron chi connectivity index (χ1n) is 6.65. The van der Waals surface area contributed by atoms with Crippen LogP contribution in [0.25, 0.3) is 0 Å². The van der Waals surface area contributed by atoms with Crippen LogP contribution in [0, 0.1) is 0 Å². The lowest BCUT2D eigenvalue weighted by Gasteiger charge is -2.33. The number of hydrogen-bond donors (Lipinski definition) is 0. The monoisotopic (exact) mass is 254 g/mol. The van der Waals surface area contributed by atoms with E-state index in [4.69, 9.17) is 4.74 Å². The van der Waals surface area contributed by atoms with Gasteiger partial charge in [-0.25, -0.2) is 0 Å². The molecule has 1 aromatic carbocycles. The summed E-state index contributed by atoms with van der Waals surface area (Å²) in [4.78, 5) is 6.55. The maximum Gasteiger partial charge on any atom is 0.124 e. The van der Waals surface area contributed by atoms with Gasteiger partial charge < -0.3 is 4.74 Å². The lowest BCUT2D eigenvalue weighted by atomic mass is 9.99. The Kier molecular flexibility index (Phi) is 3.47. The Bertz CT molecular complexity index is 541. The van der Waals surface area contributed by atoms with E-state index in [-0.39, 0.29) is 0 Å². The zero-order chi connectivity index (χ0) is 13.1. The molecule has 0 radical (unpaired) electrons. The molecule has 0 amide bonds. The van der Waals surface area contributed by atoms with Crippen LogP contribution in [0.5, 0.6) is 5.75 Å². The molecule has 98 valence electrons. The number of fused-ring (bicyclic) bond motifs is 1. The zero-order valence-corrected chi connectivity index (χ0v) is 11.1. The van der Waals surface area contributed by atoms with Gasteiger partial charge in [0.05, 0.1) is 6.61 Å². The Labute approximate surface area is 113 Å². The van der Waals surface area contributed by atoms with Crippen LogP contribution in [0.2, 0.25) is 0 Å². The molecule has 0 aliphatic carbocycles. The van der Waals surface area contributed by atoms with Crippen LogP contribution in [0.15, 0.2) is 48.8 Å². The Hall–Kier alpha value is -1.87. The van der Waals surface area contributed by atoms with Crippen LogP contribution in [0.1, 0.15) is 23.6 Å². The molecule has 0 saturated carbocycles. The second kappa shape index (κ2) is 5.41. The third-order valence-electron chi connectivity index (χ3n) is 3.61. The smallest absolute Gasteiger partial charge is 0.124 e. The second-order valence-electron chi connectivity index (χ2n) is 4.97. The number of aromatic nitrogens is 1. The van der Waals surface area contributed by atoms with Gasteiger partial charge in [0.2, 0.25) is 0 Å². The first-order valence-corrected chi connectivity index (χ1v) is 6.65. The summed E-state index contributed by atoms with van der Waals surface area (Å²) >= 11 is 0. The largest absolute Gasteiger partial charge is 0.493 e. The minimum Gasteiger partial charge on any atom is -0.493 e. The molecule has 3 rings (SSSR count). The Morgan fingerprint density at radius 3 is 3.00 bits per heavy atom. The summed E-state index contributed by atoms with van der Waals surface area (Å²) < 4.78 is 5.72. The topological polar surface area (TPSA) is 25.4 Å². The predicted molar refractivity (Wildman–Crippen MR) is 75.0 cm³/mol. The standard InChI is InChI=1S/C16H18N2O/c1-18(12-13-5-4-9-17-11-13)15-8-10-19-16-7-3-2-6-14(15)16/h2-7,9,11,15H,8,10,12H2,1H3. The highest BCUT2D eigenvalue weighted by Crippen LogP contribution is 2.35. The molecule has 1 atom stereocenters. The quantitative estimate of drug-likeness (QED) is 0.842.